The van der Waals surface area contributed by atoms with Gasteiger partial charge in [0, 0.05) is 6.08 Å². The maximum atomic E-state index is 13.6. The lowest BCUT2D eigenvalue weighted by atomic mass is 10.2. The van der Waals surface area contributed by atoms with Crippen molar-refractivity contribution in [3.8, 4) is 5.75 Å². The van der Waals surface area contributed by atoms with Crippen molar-refractivity contribution in [1.29, 1.82) is 0 Å². The van der Waals surface area contributed by atoms with E-state index in [9.17, 15) is 17.6 Å². The zero-order valence-corrected chi connectivity index (χ0v) is 16.8. The molecule has 3 aromatic carbocycles. The van der Waals surface area contributed by atoms with Gasteiger partial charge in [-0.25, -0.2) is 12.8 Å². The summed E-state index contributed by atoms with van der Waals surface area (Å²) in [5.74, 6) is -0.632. The first-order chi connectivity index (χ1) is 14.4. The van der Waals surface area contributed by atoms with Crippen LogP contribution in [-0.2, 0) is 14.8 Å². The minimum atomic E-state index is -3.81. The Balaban J connectivity index is 1.69. The predicted molar refractivity (Wildman–Crippen MR) is 114 cm³/mol. The molecule has 0 aliphatic rings. The number of carbonyl (C=O) groups excluding carboxylic acids is 1. The molecule has 0 unspecified atom stereocenters. The van der Waals surface area contributed by atoms with Crippen molar-refractivity contribution in [3.63, 3.8) is 0 Å². The highest BCUT2D eigenvalue weighted by atomic mass is 32.2. The van der Waals surface area contributed by atoms with Gasteiger partial charge in [0.1, 0.15) is 11.6 Å². The largest absolute Gasteiger partial charge is 0.495 e. The summed E-state index contributed by atoms with van der Waals surface area (Å²) < 4.78 is 46.4. The molecule has 0 spiro atoms. The summed E-state index contributed by atoms with van der Waals surface area (Å²) in [6.07, 6.45) is 2.74. The van der Waals surface area contributed by atoms with Crippen LogP contribution in [-0.4, -0.2) is 21.4 Å². The molecule has 0 saturated carbocycles. The van der Waals surface area contributed by atoms with Gasteiger partial charge in [-0.15, -0.1) is 0 Å². The van der Waals surface area contributed by atoms with Gasteiger partial charge in [0.25, 0.3) is 10.0 Å². The number of amides is 1. The molecule has 3 rings (SSSR count). The number of halogens is 1. The van der Waals surface area contributed by atoms with E-state index in [1.807, 2.05) is 0 Å². The molecule has 30 heavy (non-hydrogen) atoms. The fourth-order valence-electron chi connectivity index (χ4n) is 2.60. The van der Waals surface area contributed by atoms with Crippen molar-refractivity contribution in [3.05, 3.63) is 90.3 Å². The number of hydrogen-bond donors (Lipinski definition) is 2. The Kier molecular flexibility index (Phi) is 6.48. The third kappa shape index (κ3) is 5.24. The lowest BCUT2D eigenvalue weighted by Crippen LogP contribution is -2.13. The average Bonchev–Trinajstić information content (AvgIpc) is 2.74. The van der Waals surface area contributed by atoms with Crippen LogP contribution in [0.2, 0.25) is 0 Å². The molecule has 8 heteroatoms. The molecule has 1 amide bonds. The van der Waals surface area contributed by atoms with Gasteiger partial charge in [-0.2, -0.15) is 0 Å². The van der Waals surface area contributed by atoms with Crippen molar-refractivity contribution >= 4 is 33.4 Å². The SMILES string of the molecule is COc1ccccc1NS(=O)(=O)c1ccc(/C=C/C(=O)Nc2ccccc2F)cc1. The van der Waals surface area contributed by atoms with E-state index in [2.05, 4.69) is 10.0 Å². The van der Waals surface area contributed by atoms with Crippen LogP contribution in [0, 0.1) is 5.82 Å². The first kappa shape index (κ1) is 21.1. The Morgan fingerprint density at radius 1 is 0.933 bits per heavy atom. The van der Waals surface area contributed by atoms with E-state index in [1.54, 1.807) is 42.5 Å². The zero-order valence-electron chi connectivity index (χ0n) is 16.0. The maximum Gasteiger partial charge on any atom is 0.262 e. The summed E-state index contributed by atoms with van der Waals surface area (Å²) >= 11 is 0. The van der Waals surface area contributed by atoms with Crippen LogP contribution in [0.25, 0.3) is 6.08 Å². The average molecular weight is 426 g/mol. The van der Waals surface area contributed by atoms with Gasteiger partial charge < -0.3 is 10.1 Å². The number of hydrogen-bond acceptors (Lipinski definition) is 4. The van der Waals surface area contributed by atoms with Gasteiger partial charge >= 0.3 is 0 Å². The van der Waals surface area contributed by atoms with Crippen LogP contribution in [0.5, 0.6) is 5.75 Å². The smallest absolute Gasteiger partial charge is 0.262 e. The van der Waals surface area contributed by atoms with Crippen LogP contribution in [0.4, 0.5) is 15.8 Å². The molecule has 154 valence electrons. The molecule has 3 aromatic rings. The minimum Gasteiger partial charge on any atom is -0.495 e. The summed E-state index contributed by atoms with van der Waals surface area (Å²) in [6.45, 7) is 0. The van der Waals surface area contributed by atoms with Crippen LogP contribution < -0.4 is 14.8 Å². The van der Waals surface area contributed by atoms with E-state index >= 15 is 0 Å². The highest BCUT2D eigenvalue weighted by molar-refractivity contribution is 7.92. The number of benzene rings is 3. The highest BCUT2D eigenvalue weighted by Crippen LogP contribution is 2.26. The molecular weight excluding hydrogens is 407 g/mol. The van der Waals surface area contributed by atoms with E-state index in [4.69, 9.17) is 4.74 Å². The van der Waals surface area contributed by atoms with Gasteiger partial charge in [-0.1, -0.05) is 36.4 Å². The molecule has 2 N–H and O–H groups in total. The second kappa shape index (κ2) is 9.23. The standard InChI is InChI=1S/C22H19FN2O4S/c1-29-21-9-5-4-8-20(21)25-30(27,28)17-13-10-16(11-14-17)12-15-22(26)24-19-7-3-2-6-18(19)23/h2-15,25H,1H3,(H,24,26)/b15-12+. The van der Waals surface area contributed by atoms with Crippen molar-refractivity contribution in [2.24, 2.45) is 0 Å². The molecule has 0 saturated heterocycles. The quantitative estimate of drug-likeness (QED) is 0.552. The number of anilines is 2. The Morgan fingerprint density at radius 2 is 1.57 bits per heavy atom. The van der Waals surface area contributed by atoms with Crippen LogP contribution in [0.3, 0.4) is 0 Å². The van der Waals surface area contributed by atoms with Crippen molar-refractivity contribution in [2.45, 2.75) is 4.90 Å². The van der Waals surface area contributed by atoms with Gasteiger partial charge in [-0.3, -0.25) is 9.52 Å². The number of sulfonamides is 1. The lowest BCUT2D eigenvalue weighted by Gasteiger charge is -2.11. The Labute approximate surface area is 174 Å². The van der Waals surface area contributed by atoms with E-state index < -0.39 is 21.7 Å². The summed E-state index contributed by atoms with van der Waals surface area (Å²) in [6, 6.07) is 18.5. The Morgan fingerprint density at radius 3 is 2.23 bits per heavy atom. The molecular formula is C22H19FN2O4S. The molecule has 6 nitrogen and oxygen atoms in total. The molecule has 0 atom stereocenters. The molecule has 0 bridgehead atoms. The van der Waals surface area contributed by atoms with Crippen molar-refractivity contribution < 1.29 is 22.3 Å². The van der Waals surface area contributed by atoms with Crippen molar-refractivity contribution in [2.75, 3.05) is 17.1 Å². The predicted octanol–water partition coefficient (Wildman–Crippen LogP) is 4.29. The van der Waals surface area contributed by atoms with Crippen LogP contribution in [0.15, 0.2) is 83.8 Å². The van der Waals surface area contributed by atoms with E-state index in [0.717, 1.165) is 0 Å². The zero-order chi connectivity index (χ0) is 21.6. The number of methoxy groups -OCH3 is 1. The topological polar surface area (TPSA) is 84.5 Å². The summed E-state index contributed by atoms with van der Waals surface area (Å²) in [7, 11) is -2.36. The lowest BCUT2D eigenvalue weighted by molar-refractivity contribution is -0.111. The molecule has 0 aliphatic carbocycles. The number of nitrogens with one attached hydrogen (secondary N) is 2. The highest BCUT2D eigenvalue weighted by Gasteiger charge is 2.16. The normalized spacial score (nSPS) is 11.3. The van der Waals surface area contributed by atoms with Gasteiger partial charge in [-0.05, 0) is 48.0 Å². The molecule has 0 radical (unpaired) electrons. The number of carbonyl (C=O) groups is 1. The summed E-state index contributed by atoms with van der Waals surface area (Å²) in [4.78, 5) is 12.0. The monoisotopic (exact) mass is 426 g/mol. The Bertz CT molecular complexity index is 1180. The maximum absolute atomic E-state index is 13.6. The first-order valence-corrected chi connectivity index (χ1v) is 10.4. The molecule has 0 heterocycles. The van der Waals surface area contributed by atoms with Gasteiger partial charge in [0.15, 0.2) is 0 Å². The third-order valence-electron chi connectivity index (χ3n) is 4.10. The summed E-state index contributed by atoms with van der Waals surface area (Å²) in [5.41, 5.74) is 1.01. The van der Waals surface area contributed by atoms with Crippen LogP contribution >= 0.6 is 0 Å². The van der Waals surface area contributed by atoms with Gasteiger partial charge in [0.2, 0.25) is 5.91 Å². The molecule has 0 aromatic heterocycles. The molecule has 0 aliphatic heterocycles. The van der Waals surface area contributed by atoms with E-state index in [0.29, 0.717) is 17.0 Å². The van der Waals surface area contributed by atoms with E-state index in [-0.39, 0.29) is 10.6 Å². The second-order valence-electron chi connectivity index (χ2n) is 6.18. The fourth-order valence-corrected chi connectivity index (χ4v) is 3.67. The number of ether oxygens (including phenoxy) is 1. The summed E-state index contributed by atoms with van der Waals surface area (Å²) in [5, 5.41) is 2.44. The number of para-hydroxylation sites is 3. The van der Waals surface area contributed by atoms with Crippen molar-refractivity contribution in [1.82, 2.24) is 0 Å². The second-order valence-corrected chi connectivity index (χ2v) is 7.86. The van der Waals surface area contributed by atoms with Gasteiger partial charge in [0.05, 0.1) is 23.4 Å². The fraction of sp³-hybridized carbons (Fsp3) is 0.0455. The first-order valence-electron chi connectivity index (χ1n) is 8.88. The Hall–Kier alpha value is -3.65. The third-order valence-corrected chi connectivity index (χ3v) is 5.48. The minimum absolute atomic E-state index is 0.0568. The van der Waals surface area contributed by atoms with E-state index in [1.165, 1.54) is 49.6 Å². The van der Waals surface area contributed by atoms with Crippen LogP contribution in [0.1, 0.15) is 5.56 Å². The number of rotatable bonds is 7. The molecule has 0 fully saturated rings.